The summed E-state index contributed by atoms with van der Waals surface area (Å²) in [5.41, 5.74) is 2.99. The summed E-state index contributed by atoms with van der Waals surface area (Å²) in [7, 11) is 2.08. The van der Waals surface area contributed by atoms with Crippen LogP contribution < -0.4 is 11.3 Å². The second-order valence-electron chi connectivity index (χ2n) is 5.10. The maximum Gasteiger partial charge on any atom is 0.301 e. The number of nitrogens with zero attached hydrogens (tertiary/aromatic N) is 1. The molecule has 0 unspecified atom stereocenters. The van der Waals surface area contributed by atoms with E-state index in [4.69, 9.17) is 10.3 Å². The Morgan fingerprint density at radius 1 is 1.56 bits per heavy atom. The molecule has 0 radical (unpaired) electrons. The van der Waals surface area contributed by atoms with Gasteiger partial charge in [0, 0.05) is 18.7 Å². The van der Waals surface area contributed by atoms with E-state index >= 15 is 0 Å². The van der Waals surface area contributed by atoms with Crippen molar-refractivity contribution in [1.82, 2.24) is 10.3 Å². The zero-order chi connectivity index (χ0) is 13.0. The molecule has 1 aromatic rings. The van der Waals surface area contributed by atoms with Gasteiger partial charge in [-0.1, -0.05) is 12.8 Å². The number of nitrogens with one attached hydrogen (secondary N) is 1. The molecule has 18 heavy (non-hydrogen) atoms. The molecule has 0 aliphatic heterocycles. The molecule has 5 nitrogen and oxygen atoms in total. The third-order valence-corrected chi connectivity index (χ3v) is 3.57. The first-order valence-electron chi connectivity index (χ1n) is 6.46. The molecule has 5 heteroatoms. The van der Waals surface area contributed by atoms with Gasteiger partial charge >= 0.3 is 5.91 Å². The molecule has 1 aliphatic carbocycles. The van der Waals surface area contributed by atoms with Gasteiger partial charge in [-0.25, -0.2) is 5.84 Å². The number of hydrogen-bond acceptors (Lipinski definition) is 4. The smallest absolute Gasteiger partial charge is 0.301 e. The Bertz CT molecular complexity index is 397. The number of carbonyl (C=O) groups is 1. The fourth-order valence-electron chi connectivity index (χ4n) is 2.71. The largest absolute Gasteiger partial charge is 0.459 e. The lowest BCUT2D eigenvalue weighted by molar-refractivity contribution is 0.0923. The summed E-state index contributed by atoms with van der Waals surface area (Å²) in [5.74, 6) is 5.87. The molecule has 0 saturated heterocycles. The number of nitrogen functional groups attached to an aromatic ring is 1. The van der Waals surface area contributed by atoms with Crippen LogP contribution in [0.3, 0.4) is 0 Å². The summed E-state index contributed by atoms with van der Waals surface area (Å²) in [4.78, 5) is 13.7. The fraction of sp³-hybridized carbons (Fsp3) is 0.615. The summed E-state index contributed by atoms with van der Waals surface area (Å²) < 4.78 is 5.17. The lowest BCUT2D eigenvalue weighted by atomic mass is 10.1. The maximum atomic E-state index is 11.5. The molecule has 1 saturated carbocycles. The van der Waals surface area contributed by atoms with Crippen LogP contribution in [0, 0.1) is 5.92 Å². The van der Waals surface area contributed by atoms with Crippen molar-refractivity contribution in [2.24, 2.45) is 11.8 Å². The third-order valence-electron chi connectivity index (χ3n) is 3.57. The van der Waals surface area contributed by atoms with E-state index in [9.17, 15) is 4.79 Å². The van der Waals surface area contributed by atoms with E-state index < -0.39 is 0 Å². The number of hydrazine groups is 1. The SMILES string of the molecule is CN(Cc1ccoc1C(=O)NN)CC1CCCC1. The Balaban J connectivity index is 1.91. The van der Waals surface area contributed by atoms with E-state index in [0.717, 1.165) is 24.6 Å². The molecule has 1 aliphatic rings. The van der Waals surface area contributed by atoms with Crippen molar-refractivity contribution in [2.45, 2.75) is 32.2 Å². The molecule has 1 amide bonds. The zero-order valence-electron chi connectivity index (χ0n) is 10.8. The van der Waals surface area contributed by atoms with Gasteiger partial charge in [-0.2, -0.15) is 0 Å². The van der Waals surface area contributed by atoms with Crippen LogP contribution in [0.5, 0.6) is 0 Å². The number of furan rings is 1. The summed E-state index contributed by atoms with van der Waals surface area (Å²) in [5, 5.41) is 0. The summed E-state index contributed by atoms with van der Waals surface area (Å²) in [6.45, 7) is 1.80. The number of rotatable bonds is 5. The van der Waals surface area contributed by atoms with Gasteiger partial charge < -0.3 is 9.32 Å². The third kappa shape index (κ3) is 3.11. The lowest BCUT2D eigenvalue weighted by Crippen LogP contribution is -2.31. The van der Waals surface area contributed by atoms with E-state index in [1.165, 1.54) is 31.9 Å². The van der Waals surface area contributed by atoms with Crippen LogP contribution in [0.15, 0.2) is 16.7 Å². The van der Waals surface area contributed by atoms with Crippen LogP contribution in [-0.2, 0) is 6.54 Å². The topological polar surface area (TPSA) is 71.5 Å². The van der Waals surface area contributed by atoms with E-state index in [2.05, 4.69) is 17.4 Å². The molecule has 0 aromatic carbocycles. The maximum absolute atomic E-state index is 11.5. The normalized spacial score (nSPS) is 16.4. The van der Waals surface area contributed by atoms with Crippen LogP contribution in [0.2, 0.25) is 0 Å². The van der Waals surface area contributed by atoms with Gasteiger partial charge in [-0.3, -0.25) is 10.2 Å². The van der Waals surface area contributed by atoms with Crippen LogP contribution in [-0.4, -0.2) is 24.4 Å². The molecule has 1 aromatic heterocycles. The van der Waals surface area contributed by atoms with Crippen LogP contribution in [0.4, 0.5) is 0 Å². The lowest BCUT2D eigenvalue weighted by Gasteiger charge is -2.20. The molecular weight excluding hydrogens is 230 g/mol. The van der Waals surface area contributed by atoms with Crippen molar-refractivity contribution in [3.63, 3.8) is 0 Å². The average Bonchev–Trinajstić information content (AvgIpc) is 2.99. The second kappa shape index (κ2) is 6.02. The minimum Gasteiger partial charge on any atom is -0.459 e. The van der Waals surface area contributed by atoms with Crippen molar-refractivity contribution >= 4 is 5.91 Å². The Hall–Kier alpha value is -1.33. The van der Waals surface area contributed by atoms with Crippen LogP contribution >= 0.6 is 0 Å². The Morgan fingerprint density at radius 3 is 2.94 bits per heavy atom. The van der Waals surface area contributed by atoms with Crippen molar-refractivity contribution < 1.29 is 9.21 Å². The summed E-state index contributed by atoms with van der Waals surface area (Å²) in [6.07, 6.45) is 6.89. The first-order valence-corrected chi connectivity index (χ1v) is 6.46. The highest BCUT2D eigenvalue weighted by molar-refractivity contribution is 5.92. The monoisotopic (exact) mass is 251 g/mol. The van der Waals surface area contributed by atoms with E-state index in [0.29, 0.717) is 5.76 Å². The van der Waals surface area contributed by atoms with Crippen molar-refractivity contribution in [3.8, 4) is 0 Å². The minimum absolute atomic E-state index is 0.316. The number of nitrogens with two attached hydrogens (primary N) is 1. The highest BCUT2D eigenvalue weighted by Crippen LogP contribution is 2.25. The highest BCUT2D eigenvalue weighted by atomic mass is 16.3. The molecule has 1 heterocycles. The molecule has 100 valence electrons. The number of amides is 1. The van der Waals surface area contributed by atoms with E-state index in [1.807, 2.05) is 6.07 Å². The van der Waals surface area contributed by atoms with Gasteiger partial charge in [0.1, 0.15) is 0 Å². The molecule has 0 bridgehead atoms. The second-order valence-corrected chi connectivity index (χ2v) is 5.10. The fourth-order valence-corrected chi connectivity index (χ4v) is 2.71. The predicted molar refractivity (Wildman–Crippen MR) is 68.7 cm³/mol. The number of hydrogen-bond donors (Lipinski definition) is 2. The van der Waals surface area contributed by atoms with E-state index in [1.54, 1.807) is 0 Å². The highest BCUT2D eigenvalue weighted by Gasteiger charge is 2.19. The molecule has 0 spiro atoms. The summed E-state index contributed by atoms with van der Waals surface area (Å²) >= 11 is 0. The van der Waals surface area contributed by atoms with Gasteiger partial charge in [0.25, 0.3) is 0 Å². The first kappa shape index (κ1) is 13.1. The standard InChI is InChI=1S/C13H21N3O2/c1-16(8-10-4-2-3-5-10)9-11-6-7-18-12(11)13(17)15-14/h6-7,10H,2-5,8-9,14H2,1H3,(H,15,17). The van der Waals surface area contributed by atoms with Crippen LogP contribution in [0.1, 0.15) is 41.8 Å². The molecular formula is C13H21N3O2. The zero-order valence-corrected chi connectivity index (χ0v) is 10.8. The molecule has 3 N–H and O–H groups in total. The molecule has 2 rings (SSSR count). The predicted octanol–water partition coefficient (Wildman–Crippen LogP) is 1.51. The van der Waals surface area contributed by atoms with Crippen molar-refractivity contribution in [1.29, 1.82) is 0 Å². The first-order chi connectivity index (χ1) is 8.70. The van der Waals surface area contributed by atoms with Gasteiger partial charge in [0.2, 0.25) is 0 Å². The molecule has 0 atom stereocenters. The van der Waals surface area contributed by atoms with Gasteiger partial charge in [-0.15, -0.1) is 0 Å². The van der Waals surface area contributed by atoms with E-state index in [-0.39, 0.29) is 5.91 Å². The Kier molecular flexibility index (Phi) is 4.38. The van der Waals surface area contributed by atoms with Gasteiger partial charge in [0.15, 0.2) is 5.76 Å². The quantitative estimate of drug-likeness (QED) is 0.472. The summed E-state index contributed by atoms with van der Waals surface area (Å²) in [6, 6.07) is 1.83. The number of carbonyl (C=O) groups excluding carboxylic acids is 1. The molecule has 1 fully saturated rings. The van der Waals surface area contributed by atoms with Gasteiger partial charge in [-0.05, 0) is 31.9 Å². The Labute approximate surface area is 107 Å². The van der Waals surface area contributed by atoms with Crippen molar-refractivity contribution in [2.75, 3.05) is 13.6 Å². The van der Waals surface area contributed by atoms with Gasteiger partial charge in [0.05, 0.1) is 6.26 Å². The minimum atomic E-state index is -0.371. The Morgan fingerprint density at radius 2 is 2.28 bits per heavy atom. The van der Waals surface area contributed by atoms with Crippen molar-refractivity contribution in [3.05, 3.63) is 23.7 Å². The van der Waals surface area contributed by atoms with Crippen LogP contribution in [0.25, 0.3) is 0 Å². The average molecular weight is 251 g/mol.